The van der Waals surface area contributed by atoms with Crippen LogP contribution in [0.4, 0.5) is 13.2 Å². The van der Waals surface area contributed by atoms with Gasteiger partial charge in [0.15, 0.2) is 0 Å². The molecule has 0 spiro atoms. The summed E-state index contributed by atoms with van der Waals surface area (Å²) in [6.45, 7) is 0. The van der Waals surface area contributed by atoms with Crippen LogP contribution in [0.25, 0.3) is 0 Å². The summed E-state index contributed by atoms with van der Waals surface area (Å²) in [5, 5.41) is 2.84. The number of nitrogens with zero attached hydrogens (tertiary/aromatic N) is 1. The van der Waals surface area contributed by atoms with E-state index in [4.69, 9.17) is 0 Å². The standard InChI is InChI=1S/C8H11F3N2O/c9-8(10,11)5-12-13-7(14)6-3-1-2-4-6/h5-6H,1-4H2,(H,13,14). The summed E-state index contributed by atoms with van der Waals surface area (Å²) in [5.41, 5.74) is 1.89. The molecule has 0 aromatic heterocycles. The van der Waals surface area contributed by atoms with E-state index in [0.29, 0.717) is 0 Å². The molecule has 0 saturated heterocycles. The van der Waals surface area contributed by atoms with Gasteiger partial charge in [-0.05, 0) is 12.8 Å². The molecular formula is C8H11F3N2O. The fourth-order valence-electron chi connectivity index (χ4n) is 1.45. The molecule has 0 bridgehead atoms. The molecule has 0 aliphatic heterocycles. The molecule has 0 aromatic rings. The van der Waals surface area contributed by atoms with Crippen LogP contribution in [0.2, 0.25) is 0 Å². The third-order valence-corrected chi connectivity index (χ3v) is 2.11. The molecular weight excluding hydrogens is 197 g/mol. The Bertz CT molecular complexity index is 231. The van der Waals surface area contributed by atoms with Gasteiger partial charge in [-0.25, -0.2) is 5.43 Å². The molecule has 1 aliphatic rings. The second kappa shape index (κ2) is 4.43. The molecule has 80 valence electrons. The maximum Gasteiger partial charge on any atom is 0.428 e. The van der Waals surface area contributed by atoms with Crippen LogP contribution in [0.1, 0.15) is 25.7 Å². The minimum atomic E-state index is -4.47. The Hall–Kier alpha value is -1.07. The fourth-order valence-corrected chi connectivity index (χ4v) is 1.45. The Morgan fingerprint density at radius 1 is 1.36 bits per heavy atom. The fraction of sp³-hybridized carbons (Fsp3) is 0.750. The molecule has 3 nitrogen and oxygen atoms in total. The summed E-state index contributed by atoms with van der Waals surface area (Å²) in [7, 11) is 0. The Labute approximate surface area is 79.4 Å². The lowest BCUT2D eigenvalue weighted by Crippen LogP contribution is -2.26. The van der Waals surface area contributed by atoms with Crippen molar-refractivity contribution >= 4 is 12.1 Å². The van der Waals surface area contributed by atoms with Crippen LogP contribution >= 0.6 is 0 Å². The number of halogens is 3. The Kier molecular flexibility index (Phi) is 3.49. The lowest BCUT2D eigenvalue weighted by Gasteiger charge is -2.05. The lowest BCUT2D eigenvalue weighted by molar-refractivity contribution is -0.124. The number of alkyl halides is 3. The number of hydrogen-bond donors (Lipinski definition) is 1. The summed E-state index contributed by atoms with van der Waals surface area (Å²) >= 11 is 0. The molecule has 0 heterocycles. The van der Waals surface area contributed by atoms with E-state index in [1.807, 2.05) is 5.43 Å². The smallest absolute Gasteiger partial charge is 0.273 e. The first kappa shape index (κ1) is 11.0. The van der Waals surface area contributed by atoms with Crippen molar-refractivity contribution in [1.29, 1.82) is 0 Å². The molecule has 6 heteroatoms. The first-order valence-corrected chi connectivity index (χ1v) is 4.40. The molecule has 1 amide bonds. The van der Waals surface area contributed by atoms with Crippen LogP contribution in [0, 0.1) is 5.92 Å². The van der Waals surface area contributed by atoms with E-state index in [1.54, 1.807) is 0 Å². The summed E-state index contributed by atoms with van der Waals surface area (Å²) in [4.78, 5) is 11.1. The van der Waals surface area contributed by atoms with Gasteiger partial charge in [-0.1, -0.05) is 12.8 Å². The first-order chi connectivity index (χ1) is 6.49. The molecule has 0 aromatic carbocycles. The van der Waals surface area contributed by atoms with Gasteiger partial charge in [-0.2, -0.15) is 18.3 Å². The molecule has 0 atom stereocenters. The van der Waals surface area contributed by atoms with Crippen LogP contribution < -0.4 is 5.43 Å². The van der Waals surface area contributed by atoms with Gasteiger partial charge < -0.3 is 0 Å². The average Bonchev–Trinajstić information content (AvgIpc) is 2.53. The topological polar surface area (TPSA) is 41.5 Å². The normalized spacial score (nSPS) is 19.1. The van der Waals surface area contributed by atoms with Crippen molar-refractivity contribution in [3.05, 3.63) is 0 Å². The van der Waals surface area contributed by atoms with E-state index < -0.39 is 12.1 Å². The zero-order valence-electron chi connectivity index (χ0n) is 7.47. The number of amides is 1. The highest BCUT2D eigenvalue weighted by Gasteiger charge is 2.25. The highest BCUT2D eigenvalue weighted by molar-refractivity contribution is 5.79. The SMILES string of the molecule is O=C(NN=CC(F)(F)F)C1CCCC1. The van der Waals surface area contributed by atoms with E-state index in [1.165, 1.54) is 0 Å². The highest BCUT2D eigenvalue weighted by atomic mass is 19.4. The minimum absolute atomic E-state index is 0.166. The molecule has 1 saturated carbocycles. The van der Waals surface area contributed by atoms with Crippen molar-refractivity contribution in [2.24, 2.45) is 11.0 Å². The van der Waals surface area contributed by atoms with Gasteiger partial charge in [0.05, 0.1) is 0 Å². The van der Waals surface area contributed by atoms with Gasteiger partial charge in [0.1, 0.15) is 6.21 Å². The summed E-state index contributed by atoms with van der Waals surface area (Å²) < 4.78 is 34.7. The highest BCUT2D eigenvalue weighted by Crippen LogP contribution is 2.24. The summed E-state index contributed by atoms with van der Waals surface area (Å²) in [6.07, 6.45) is -1.29. The van der Waals surface area contributed by atoms with Crippen LogP contribution in [0.5, 0.6) is 0 Å². The molecule has 1 fully saturated rings. The molecule has 0 unspecified atom stereocenters. The third-order valence-electron chi connectivity index (χ3n) is 2.11. The van der Waals surface area contributed by atoms with Gasteiger partial charge in [0, 0.05) is 5.92 Å². The van der Waals surface area contributed by atoms with Crippen molar-refractivity contribution in [1.82, 2.24) is 5.43 Å². The van der Waals surface area contributed by atoms with E-state index in [0.717, 1.165) is 25.7 Å². The van der Waals surface area contributed by atoms with Crippen molar-refractivity contribution in [3.8, 4) is 0 Å². The number of carbonyl (C=O) groups excluding carboxylic acids is 1. The van der Waals surface area contributed by atoms with Crippen LogP contribution in [-0.4, -0.2) is 18.3 Å². The van der Waals surface area contributed by atoms with Crippen LogP contribution in [0.15, 0.2) is 5.10 Å². The lowest BCUT2D eigenvalue weighted by atomic mass is 10.1. The van der Waals surface area contributed by atoms with Gasteiger partial charge in [-0.15, -0.1) is 0 Å². The predicted octanol–water partition coefficient (Wildman–Crippen LogP) is 1.84. The molecule has 1 aliphatic carbocycles. The van der Waals surface area contributed by atoms with E-state index in [9.17, 15) is 18.0 Å². The van der Waals surface area contributed by atoms with E-state index >= 15 is 0 Å². The largest absolute Gasteiger partial charge is 0.428 e. The van der Waals surface area contributed by atoms with Gasteiger partial charge in [0.25, 0.3) is 0 Å². The van der Waals surface area contributed by atoms with Gasteiger partial charge in [-0.3, -0.25) is 4.79 Å². The van der Waals surface area contributed by atoms with Gasteiger partial charge in [0.2, 0.25) is 5.91 Å². The van der Waals surface area contributed by atoms with Crippen LogP contribution in [0.3, 0.4) is 0 Å². The Balaban J connectivity index is 2.30. The third kappa shape index (κ3) is 3.76. The average molecular weight is 208 g/mol. The van der Waals surface area contributed by atoms with E-state index in [2.05, 4.69) is 5.10 Å². The van der Waals surface area contributed by atoms with Crippen molar-refractivity contribution in [3.63, 3.8) is 0 Å². The second-order valence-corrected chi connectivity index (χ2v) is 3.26. The molecule has 1 N–H and O–H groups in total. The number of hydrogen-bond acceptors (Lipinski definition) is 2. The number of nitrogens with one attached hydrogen (secondary N) is 1. The van der Waals surface area contributed by atoms with Gasteiger partial charge >= 0.3 is 6.18 Å². The Morgan fingerprint density at radius 2 is 1.93 bits per heavy atom. The van der Waals surface area contributed by atoms with E-state index in [-0.39, 0.29) is 12.1 Å². The number of carbonyl (C=O) groups is 1. The Morgan fingerprint density at radius 3 is 2.43 bits per heavy atom. The summed E-state index contributed by atoms with van der Waals surface area (Å²) in [6, 6.07) is 0. The predicted molar refractivity (Wildman–Crippen MR) is 44.6 cm³/mol. The van der Waals surface area contributed by atoms with Crippen LogP contribution in [-0.2, 0) is 4.79 Å². The van der Waals surface area contributed by atoms with Crippen molar-refractivity contribution in [2.45, 2.75) is 31.9 Å². The quantitative estimate of drug-likeness (QED) is 0.546. The minimum Gasteiger partial charge on any atom is -0.273 e. The van der Waals surface area contributed by atoms with Crippen molar-refractivity contribution in [2.75, 3.05) is 0 Å². The monoisotopic (exact) mass is 208 g/mol. The summed E-state index contributed by atoms with van der Waals surface area (Å²) in [5.74, 6) is -0.580. The molecule has 0 radical (unpaired) electrons. The second-order valence-electron chi connectivity index (χ2n) is 3.26. The molecule has 14 heavy (non-hydrogen) atoms. The zero-order chi connectivity index (χ0) is 10.6. The number of hydrazone groups is 1. The first-order valence-electron chi connectivity index (χ1n) is 4.40. The zero-order valence-corrected chi connectivity index (χ0v) is 7.47. The maximum absolute atomic E-state index is 11.6. The maximum atomic E-state index is 11.6. The number of rotatable bonds is 2. The molecule has 1 rings (SSSR count). The van der Waals surface area contributed by atoms with Crippen molar-refractivity contribution < 1.29 is 18.0 Å².